The van der Waals surface area contributed by atoms with E-state index in [0.717, 1.165) is 22.5 Å². The summed E-state index contributed by atoms with van der Waals surface area (Å²) in [6.07, 6.45) is 6.66. The molecule has 4 heteroatoms. The van der Waals surface area contributed by atoms with Gasteiger partial charge in [-0.3, -0.25) is 4.90 Å². The average Bonchev–Trinajstić information content (AvgIpc) is 2.86. The molecular weight excluding hydrogens is 319 g/mol. The maximum atomic E-state index is 13.3. The Balaban J connectivity index is 1.86. The number of nitrogens with two attached hydrogens (primary N) is 1. The van der Waals surface area contributed by atoms with E-state index in [2.05, 4.69) is 20.8 Å². The molecule has 2 fully saturated rings. The minimum Gasteiger partial charge on any atom is -0.329 e. The van der Waals surface area contributed by atoms with Gasteiger partial charge in [-0.2, -0.15) is 0 Å². The Hall–Kier alpha value is -0.450. The summed E-state index contributed by atoms with van der Waals surface area (Å²) in [5.41, 5.74) is 7.18. The van der Waals surface area contributed by atoms with Gasteiger partial charge in [-0.15, -0.1) is 0 Å². The predicted molar refractivity (Wildman–Crippen MR) is 83.0 cm³/mol. The van der Waals surface area contributed by atoms with Gasteiger partial charge in [-0.05, 0) is 49.4 Å². The number of hydrogen-bond donors (Lipinski definition) is 1. The number of fused-ring (bicyclic) bond motifs is 1. The Labute approximate surface area is 128 Å². The van der Waals surface area contributed by atoms with Crippen molar-refractivity contribution in [3.63, 3.8) is 0 Å². The zero-order chi connectivity index (χ0) is 14.1. The van der Waals surface area contributed by atoms with Gasteiger partial charge in [-0.25, -0.2) is 4.39 Å². The van der Waals surface area contributed by atoms with E-state index < -0.39 is 0 Å². The van der Waals surface area contributed by atoms with Crippen LogP contribution in [0.15, 0.2) is 22.7 Å². The molecule has 3 atom stereocenters. The number of halogens is 2. The lowest BCUT2D eigenvalue weighted by molar-refractivity contribution is 0.135. The molecular formula is C16H22BrFN2. The topological polar surface area (TPSA) is 29.3 Å². The second-order valence-corrected chi connectivity index (χ2v) is 6.91. The van der Waals surface area contributed by atoms with Crippen LogP contribution in [0.3, 0.4) is 0 Å². The largest absolute Gasteiger partial charge is 0.329 e. The fourth-order valence-electron chi connectivity index (χ4n) is 4.04. The third-order valence-electron chi connectivity index (χ3n) is 5.00. The van der Waals surface area contributed by atoms with Gasteiger partial charge in [0.15, 0.2) is 0 Å². The summed E-state index contributed by atoms with van der Waals surface area (Å²) in [6, 6.07) is 5.85. The molecule has 1 aromatic rings. The fourth-order valence-corrected chi connectivity index (χ4v) is 4.66. The van der Waals surface area contributed by atoms with E-state index in [9.17, 15) is 4.39 Å². The summed E-state index contributed by atoms with van der Waals surface area (Å²) in [6.45, 7) is 1.72. The summed E-state index contributed by atoms with van der Waals surface area (Å²) < 4.78 is 14.1. The van der Waals surface area contributed by atoms with Crippen molar-refractivity contribution in [2.24, 2.45) is 11.7 Å². The minimum absolute atomic E-state index is 0.201. The highest BCUT2D eigenvalue weighted by atomic mass is 79.9. The van der Waals surface area contributed by atoms with Gasteiger partial charge >= 0.3 is 0 Å². The standard InChI is InChI=1S/C16H22BrFN2/c17-14-9-12(18)5-6-13(14)16(10-19)20-8-7-11-3-1-2-4-15(11)20/h5-6,9,11,15-16H,1-4,7-8,10,19H2. The zero-order valence-corrected chi connectivity index (χ0v) is 13.3. The van der Waals surface area contributed by atoms with E-state index in [1.165, 1.54) is 38.2 Å². The highest BCUT2D eigenvalue weighted by molar-refractivity contribution is 9.10. The van der Waals surface area contributed by atoms with Crippen molar-refractivity contribution in [2.45, 2.75) is 44.2 Å². The van der Waals surface area contributed by atoms with E-state index in [0.29, 0.717) is 12.6 Å². The molecule has 2 nitrogen and oxygen atoms in total. The summed E-state index contributed by atoms with van der Waals surface area (Å²) in [4.78, 5) is 2.57. The Kier molecular flexibility index (Phi) is 4.43. The van der Waals surface area contributed by atoms with E-state index in [-0.39, 0.29) is 11.9 Å². The molecule has 0 bridgehead atoms. The van der Waals surface area contributed by atoms with Crippen molar-refractivity contribution in [3.05, 3.63) is 34.1 Å². The lowest BCUT2D eigenvalue weighted by Crippen LogP contribution is -2.40. The first-order chi connectivity index (χ1) is 9.70. The second kappa shape index (κ2) is 6.12. The summed E-state index contributed by atoms with van der Waals surface area (Å²) >= 11 is 3.50. The lowest BCUT2D eigenvalue weighted by atomic mass is 9.84. The molecule has 3 unspecified atom stereocenters. The fraction of sp³-hybridized carbons (Fsp3) is 0.625. The van der Waals surface area contributed by atoms with Gasteiger partial charge < -0.3 is 5.73 Å². The Morgan fingerprint density at radius 2 is 2.10 bits per heavy atom. The van der Waals surface area contributed by atoms with Crippen molar-refractivity contribution >= 4 is 15.9 Å². The van der Waals surface area contributed by atoms with Gasteiger partial charge in [0.25, 0.3) is 0 Å². The first-order valence-electron chi connectivity index (χ1n) is 7.61. The van der Waals surface area contributed by atoms with Crippen LogP contribution < -0.4 is 5.73 Å². The van der Waals surface area contributed by atoms with E-state index in [1.54, 1.807) is 6.07 Å². The minimum atomic E-state index is -0.201. The van der Waals surface area contributed by atoms with Crippen LogP contribution in [0.4, 0.5) is 4.39 Å². The van der Waals surface area contributed by atoms with Crippen LogP contribution in [-0.4, -0.2) is 24.0 Å². The highest BCUT2D eigenvalue weighted by Crippen LogP contribution is 2.41. The smallest absolute Gasteiger partial charge is 0.124 e. The Morgan fingerprint density at radius 3 is 2.85 bits per heavy atom. The molecule has 0 spiro atoms. The zero-order valence-electron chi connectivity index (χ0n) is 11.7. The highest BCUT2D eigenvalue weighted by Gasteiger charge is 2.39. The molecule has 0 amide bonds. The second-order valence-electron chi connectivity index (χ2n) is 6.06. The van der Waals surface area contributed by atoms with Crippen LogP contribution in [0.1, 0.15) is 43.7 Å². The molecule has 2 aliphatic rings. The van der Waals surface area contributed by atoms with Gasteiger partial charge in [0.2, 0.25) is 0 Å². The number of likely N-dealkylation sites (tertiary alicyclic amines) is 1. The van der Waals surface area contributed by atoms with Crippen LogP contribution in [0, 0.1) is 11.7 Å². The SMILES string of the molecule is NCC(c1ccc(F)cc1Br)N1CCC2CCCCC21. The van der Waals surface area contributed by atoms with Crippen molar-refractivity contribution in [1.82, 2.24) is 4.90 Å². The molecule has 1 heterocycles. The van der Waals surface area contributed by atoms with Gasteiger partial charge in [0, 0.05) is 23.1 Å². The quantitative estimate of drug-likeness (QED) is 0.905. The number of benzene rings is 1. The monoisotopic (exact) mass is 340 g/mol. The first kappa shape index (κ1) is 14.5. The van der Waals surface area contributed by atoms with Crippen LogP contribution in [0.25, 0.3) is 0 Å². The van der Waals surface area contributed by atoms with Crippen molar-refractivity contribution in [2.75, 3.05) is 13.1 Å². The normalized spacial score (nSPS) is 28.4. The molecule has 0 aromatic heterocycles. The molecule has 1 aromatic carbocycles. The molecule has 0 radical (unpaired) electrons. The molecule has 110 valence electrons. The molecule has 1 aliphatic heterocycles. The van der Waals surface area contributed by atoms with Crippen LogP contribution in [0.2, 0.25) is 0 Å². The Bertz CT molecular complexity index is 480. The Morgan fingerprint density at radius 1 is 1.30 bits per heavy atom. The van der Waals surface area contributed by atoms with Crippen molar-refractivity contribution < 1.29 is 4.39 Å². The first-order valence-corrected chi connectivity index (χ1v) is 8.40. The van der Waals surface area contributed by atoms with Gasteiger partial charge in [0.1, 0.15) is 5.82 Å². The van der Waals surface area contributed by atoms with Crippen molar-refractivity contribution in [1.29, 1.82) is 0 Å². The third-order valence-corrected chi connectivity index (χ3v) is 5.68. The van der Waals surface area contributed by atoms with E-state index in [4.69, 9.17) is 5.73 Å². The van der Waals surface area contributed by atoms with Crippen molar-refractivity contribution in [3.8, 4) is 0 Å². The number of nitrogens with zero attached hydrogens (tertiary/aromatic N) is 1. The number of rotatable bonds is 3. The molecule has 20 heavy (non-hydrogen) atoms. The summed E-state index contributed by atoms with van der Waals surface area (Å²) in [5.74, 6) is 0.644. The van der Waals surface area contributed by atoms with Crippen LogP contribution in [0.5, 0.6) is 0 Å². The third kappa shape index (κ3) is 2.66. The lowest BCUT2D eigenvalue weighted by Gasteiger charge is -2.37. The maximum Gasteiger partial charge on any atom is 0.124 e. The van der Waals surface area contributed by atoms with E-state index >= 15 is 0 Å². The van der Waals surface area contributed by atoms with Gasteiger partial charge in [0.05, 0.1) is 0 Å². The summed E-state index contributed by atoms with van der Waals surface area (Å²) in [5, 5.41) is 0. The van der Waals surface area contributed by atoms with Crippen LogP contribution in [-0.2, 0) is 0 Å². The van der Waals surface area contributed by atoms with E-state index in [1.807, 2.05) is 6.07 Å². The number of hydrogen-bond acceptors (Lipinski definition) is 2. The molecule has 1 aliphatic carbocycles. The molecule has 1 saturated heterocycles. The molecule has 2 N–H and O–H groups in total. The average molecular weight is 341 g/mol. The van der Waals surface area contributed by atoms with Crippen LogP contribution >= 0.6 is 15.9 Å². The summed E-state index contributed by atoms with van der Waals surface area (Å²) in [7, 11) is 0. The predicted octanol–water partition coefficient (Wildman–Crippen LogP) is 3.85. The molecule has 3 rings (SSSR count). The molecule has 1 saturated carbocycles. The van der Waals surface area contributed by atoms with Gasteiger partial charge in [-0.1, -0.05) is 34.8 Å². The maximum absolute atomic E-state index is 13.3.